The number of fused-ring (bicyclic) bond motifs is 11. The van der Waals surface area contributed by atoms with Crippen molar-refractivity contribution in [3.63, 3.8) is 0 Å². The van der Waals surface area contributed by atoms with E-state index in [1.165, 1.54) is 82.8 Å². The fourth-order valence-corrected chi connectivity index (χ4v) is 9.27. The summed E-state index contributed by atoms with van der Waals surface area (Å²) in [5.41, 5.74) is 17.8. The van der Waals surface area contributed by atoms with Crippen LogP contribution >= 0.6 is 0 Å². The second-order valence-corrected chi connectivity index (χ2v) is 13.4. The van der Waals surface area contributed by atoms with Gasteiger partial charge in [-0.2, -0.15) is 0 Å². The highest BCUT2D eigenvalue weighted by Crippen LogP contribution is 2.56. The molecule has 0 bridgehead atoms. The first kappa shape index (κ1) is 23.7. The lowest BCUT2D eigenvalue weighted by Gasteiger charge is -2.41. The third-order valence-corrected chi connectivity index (χ3v) is 11.2. The topological polar surface area (TPSA) is 4.93 Å². The second-order valence-electron chi connectivity index (χ2n) is 13.4. The molecule has 1 unspecified atom stereocenters. The number of hydrogen-bond donors (Lipinski definition) is 0. The predicted molar refractivity (Wildman–Crippen MR) is 181 cm³/mol. The fraction of sp³-hybridized carbons (Fsp3) is 0.122. The van der Waals surface area contributed by atoms with Crippen molar-refractivity contribution >= 4 is 44.9 Å². The molecule has 0 amide bonds. The summed E-state index contributed by atoms with van der Waals surface area (Å²) >= 11 is 0. The maximum Gasteiger partial charge on any atom is 0.247 e. The number of aromatic nitrogens is 1. The number of rotatable bonds is 1. The summed E-state index contributed by atoms with van der Waals surface area (Å²) < 4.78 is 2.60. The first-order valence-corrected chi connectivity index (χ1v) is 15.5. The molecule has 0 saturated carbocycles. The minimum absolute atomic E-state index is 0.0650. The van der Waals surface area contributed by atoms with Crippen LogP contribution in [0.2, 0.25) is 0 Å². The third-order valence-electron chi connectivity index (χ3n) is 11.2. The zero-order valence-electron chi connectivity index (χ0n) is 24.6. The smallest absolute Gasteiger partial charge is 0.247 e. The molecule has 2 aliphatic heterocycles. The molecule has 0 radical (unpaired) electrons. The molecule has 202 valence electrons. The Kier molecular flexibility index (Phi) is 4.28. The van der Waals surface area contributed by atoms with Crippen LogP contribution in [0.15, 0.2) is 127 Å². The largest absolute Gasteiger partial charge is 0.310 e. The van der Waals surface area contributed by atoms with E-state index in [9.17, 15) is 0 Å². The molecule has 1 aromatic heterocycles. The van der Waals surface area contributed by atoms with Crippen molar-refractivity contribution in [2.24, 2.45) is 0 Å². The first-order chi connectivity index (χ1) is 21.0. The summed E-state index contributed by atoms with van der Waals surface area (Å²) in [5.74, 6) is 0. The van der Waals surface area contributed by atoms with E-state index in [2.05, 4.69) is 153 Å². The van der Waals surface area contributed by atoms with E-state index in [1.807, 2.05) is 0 Å². The normalized spacial score (nSPS) is 18.3. The third kappa shape index (κ3) is 2.63. The minimum Gasteiger partial charge on any atom is -0.310 e. The average molecular weight is 548 g/mol. The Bertz CT molecular complexity index is 2340. The second kappa shape index (κ2) is 7.76. The van der Waals surface area contributed by atoms with Crippen molar-refractivity contribution in [3.05, 3.63) is 155 Å². The van der Waals surface area contributed by atoms with Crippen LogP contribution in [0, 0.1) is 0 Å². The van der Waals surface area contributed by atoms with E-state index in [0.717, 1.165) is 0 Å². The van der Waals surface area contributed by atoms with Gasteiger partial charge in [-0.15, -0.1) is 0 Å². The Morgan fingerprint density at radius 3 is 2.12 bits per heavy atom. The summed E-state index contributed by atoms with van der Waals surface area (Å²) in [6.07, 6.45) is 0. The SMILES string of the molecule is CC1(C)c2ccccc2B2c3c(cccc31)-n1c3ccc4c(c3c3cccc2c31)-c1ccccc1C4(C)c1ccccc1. The van der Waals surface area contributed by atoms with Gasteiger partial charge in [0.25, 0.3) is 0 Å². The predicted octanol–water partition coefficient (Wildman–Crippen LogP) is 7.59. The van der Waals surface area contributed by atoms with Gasteiger partial charge in [0.15, 0.2) is 0 Å². The highest BCUT2D eigenvalue weighted by molar-refractivity contribution is 6.99. The monoisotopic (exact) mass is 547 g/mol. The molecule has 1 atom stereocenters. The molecule has 6 aromatic carbocycles. The molecule has 3 aliphatic rings. The van der Waals surface area contributed by atoms with Crippen molar-refractivity contribution < 1.29 is 0 Å². The number of nitrogens with zero attached hydrogens (tertiary/aromatic N) is 1. The van der Waals surface area contributed by atoms with Gasteiger partial charge in [0.05, 0.1) is 5.52 Å². The van der Waals surface area contributed by atoms with Crippen molar-refractivity contribution in [1.82, 2.24) is 4.57 Å². The van der Waals surface area contributed by atoms with Crippen LogP contribution in [-0.2, 0) is 10.8 Å². The molecular weight excluding hydrogens is 517 g/mol. The van der Waals surface area contributed by atoms with Gasteiger partial charge in [-0.05, 0) is 68.9 Å². The molecule has 7 aromatic rings. The number of hydrogen-bond acceptors (Lipinski definition) is 0. The molecule has 1 aliphatic carbocycles. The standard InChI is InChI=1S/C41H30BN/c1-40(2)29-18-9-10-20-32(29)42-33-21-11-16-27-37-34(43(39(27)33)35-22-12-19-31(40)38(35)42)24-23-30-36(37)26-15-7-8-17-28(26)41(30,3)25-13-5-4-6-14-25/h4-24H,1-3H3. The quantitative estimate of drug-likeness (QED) is 0.187. The molecule has 43 heavy (non-hydrogen) atoms. The Labute approximate surface area is 252 Å². The average Bonchev–Trinajstić information content (AvgIpc) is 3.53. The maximum atomic E-state index is 2.60. The Balaban J connectivity index is 1.39. The molecular formula is C41H30BN. The van der Waals surface area contributed by atoms with Crippen LogP contribution in [0.3, 0.4) is 0 Å². The van der Waals surface area contributed by atoms with E-state index in [0.29, 0.717) is 0 Å². The van der Waals surface area contributed by atoms with Crippen LogP contribution in [0.5, 0.6) is 0 Å². The van der Waals surface area contributed by atoms with Crippen molar-refractivity contribution in [3.8, 4) is 16.8 Å². The lowest BCUT2D eigenvalue weighted by atomic mass is 9.30. The first-order valence-electron chi connectivity index (χ1n) is 15.5. The van der Waals surface area contributed by atoms with E-state index in [1.54, 1.807) is 0 Å². The summed E-state index contributed by atoms with van der Waals surface area (Å²) in [6, 6.07) is 48.2. The molecule has 10 rings (SSSR count). The highest BCUT2D eigenvalue weighted by atomic mass is 15.0. The van der Waals surface area contributed by atoms with Crippen LogP contribution in [-0.4, -0.2) is 11.3 Å². The Morgan fingerprint density at radius 1 is 0.558 bits per heavy atom. The van der Waals surface area contributed by atoms with Crippen LogP contribution in [0.4, 0.5) is 0 Å². The van der Waals surface area contributed by atoms with Crippen molar-refractivity contribution in [2.75, 3.05) is 0 Å². The Morgan fingerprint density at radius 2 is 1.26 bits per heavy atom. The van der Waals surface area contributed by atoms with E-state index < -0.39 is 0 Å². The minimum atomic E-state index is -0.215. The van der Waals surface area contributed by atoms with Crippen LogP contribution in [0.1, 0.15) is 48.6 Å². The summed E-state index contributed by atoms with van der Waals surface area (Å²) in [4.78, 5) is 0. The molecule has 0 saturated heterocycles. The molecule has 3 heterocycles. The zero-order chi connectivity index (χ0) is 28.7. The van der Waals surface area contributed by atoms with Gasteiger partial charge >= 0.3 is 0 Å². The maximum absolute atomic E-state index is 2.60. The van der Waals surface area contributed by atoms with Crippen LogP contribution < -0.4 is 16.4 Å². The van der Waals surface area contributed by atoms with Gasteiger partial charge in [0, 0.05) is 32.8 Å². The molecule has 0 spiro atoms. The summed E-state index contributed by atoms with van der Waals surface area (Å²) in [7, 11) is 0. The number of para-hydroxylation sites is 1. The van der Waals surface area contributed by atoms with E-state index >= 15 is 0 Å². The van der Waals surface area contributed by atoms with Gasteiger partial charge in [0.1, 0.15) is 0 Å². The van der Waals surface area contributed by atoms with Gasteiger partial charge in [-0.1, -0.05) is 135 Å². The van der Waals surface area contributed by atoms with Gasteiger partial charge in [0.2, 0.25) is 6.71 Å². The fourth-order valence-electron chi connectivity index (χ4n) is 9.27. The molecule has 1 nitrogen and oxygen atoms in total. The Hall–Kier alpha value is -4.82. The lowest BCUT2D eigenvalue weighted by molar-refractivity contribution is 0.645. The molecule has 0 fully saturated rings. The summed E-state index contributed by atoms with van der Waals surface area (Å²) in [5, 5.41) is 2.74. The van der Waals surface area contributed by atoms with Gasteiger partial charge < -0.3 is 4.57 Å². The zero-order valence-corrected chi connectivity index (χ0v) is 24.6. The van der Waals surface area contributed by atoms with Crippen molar-refractivity contribution in [2.45, 2.75) is 31.6 Å². The van der Waals surface area contributed by atoms with Crippen molar-refractivity contribution in [1.29, 1.82) is 0 Å². The van der Waals surface area contributed by atoms with E-state index in [-0.39, 0.29) is 17.5 Å². The molecule has 2 heteroatoms. The number of benzene rings is 6. The van der Waals surface area contributed by atoms with Gasteiger partial charge in [-0.3, -0.25) is 0 Å². The molecule has 0 N–H and O–H groups in total. The van der Waals surface area contributed by atoms with E-state index in [4.69, 9.17) is 0 Å². The lowest BCUT2D eigenvalue weighted by Crippen LogP contribution is -2.63. The van der Waals surface area contributed by atoms with Crippen LogP contribution in [0.25, 0.3) is 38.6 Å². The highest BCUT2D eigenvalue weighted by Gasteiger charge is 2.46. The summed E-state index contributed by atoms with van der Waals surface area (Å²) in [6.45, 7) is 7.44. The van der Waals surface area contributed by atoms with Gasteiger partial charge in [-0.25, -0.2) is 0 Å².